The molecule has 1 atom stereocenters. The van der Waals surface area contributed by atoms with Crippen molar-refractivity contribution in [3.8, 4) is 5.69 Å². The SMILES string of the molecule is NCC(C(=O)O)c1cn(-c2ccccc2)nn1. The van der Waals surface area contributed by atoms with Gasteiger partial charge in [0.2, 0.25) is 0 Å². The third-order valence-corrected chi connectivity index (χ3v) is 2.42. The third-order valence-electron chi connectivity index (χ3n) is 2.42. The minimum absolute atomic E-state index is 0.00279. The number of carboxylic acid groups (broad SMARTS) is 1. The first-order chi connectivity index (χ1) is 8.22. The van der Waals surface area contributed by atoms with E-state index in [0.717, 1.165) is 5.69 Å². The highest BCUT2D eigenvalue weighted by Gasteiger charge is 2.21. The van der Waals surface area contributed by atoms with Crippen LogP contribution in [0.2, 0.25) is 0 Å². The number of carbonyl (C=O) groups is 1. The van der Waals surface area contributed by atoms with Crippen molar-refractivity contribution < 1.29 is 9.90 Å². The molecular formula is C11H12N4O2. The van der Waals surface area contributed by atoms with Crippen LogP contribution >= 0.6 is 0 Å². The Labute approximate surface area is 97.7 Å². The Kier molecular flexibility index (Phi) is 3.15. The van der Waals surface area contributed by atoms with Gasteiger partial charge < -0.3 is 10.8 Å². The summed E-state index contributed by atoms with van der Waals surface area (Å²) >= 11 is 0. The molecule has 6 heteroatoms. The van der Waals surface area contributed by atoms with E-state index in [-0.39, 0.29) is 6.54 Å². The predicted octanol–water partition coefficient (Wildman–Crippen LogP) is 0.394. The van der Waals surface area contributed by atoms with Gasteiger partial charge in [-0.3, -0.25) is 4.79 Å². The molecule has 0 fully saturated rings. The van der Waals surface area contributed by atoms with Gasteiger partial charge in [-0.25, -0.2) is 4.68 Å². The predicted molar refractivity (Wildman–Crippen MR) is 60.8 cm³/mol. The van der Waals surface area contributed by atoms with Crippen LogP contribution < -0.4 is 5.73 Å². The van der Waals surface area contributed by atoms with Gasteiger partial charge in [0.05, 0.1) is 17.6 Å². The van der Waals surface area contributed by atoms with E-state index in [1.165, 1.54) is 4.68 Å². The molecule has 0 radical (unpaired) electrons. The lowest BCUT2D eigenvalue weighted by Gasteiger charge is -2.03. The van der Waals surface area contributed by atoms with Crippen LogP contribution in [0.3, 0.4) is 0 Å². The van der Waals surface area contributed by atoms with Crippen LogP contribution in [0.15, 0.2) is 36.5 Å². The summed E-state index contributed by atoms with van der Waals surface area (Å²) in [6, 6.07) is 9.34. The highest BCUT2D eigenvalue weighted by Crippen LogP contribution is 2.13. The van der Waals surface area contributed by atoms with E-state index < -0.39 is 11.9 Å². The summed E-state index contributed by atoms with van der Waals surface area (Å²) in [5.41, 5.74) is 6.59. The van der Waals surface area contributed by atoms with E-state index in [9.17, 15) is 4.79 Å². The molecule has 2 aromatic rings. The molecule has 0 saturated heterocycles. The number of carboxylic acids is 1. The lowest BCUT2D eigenvalue weighted by atomic mass is 10.1. The summed E-state index contributed by atoms with van der Waals surface area (Å²) in [5, 5.41) is 16.7. The van der Waals surface area contributed by atoms with Gasteiger partial charge in [-0.15, -0.1) is 5.10 Å². The molecule has 0 aliphatic carbocycles. The first kappa shape index (κ1) is 11.3. The van der Waals surface area contributed by atoms with Crippen molar-refractivity contribution in [1.29, 1.82) is 0 Å². The van der Waals surface area contributed by atoms with Crippen molar-refractivity contribution in [2.75, 3.05) is 6.54 Å². The molecule has 1 heterocycles. The lowest BCUT2D eigenvalue weighted by molar-refractivity contribution is -0.138. The smallest absolute Gasteiger partial charge is 0.314 e. The van der Waals surface area contributed by atoms with Gasteiger partial charge in [-0.05, 0) is 12.1 Å². The number of rotatable bonds is 4. The Morgan fingerprint density at radius 3 is 2.71 bits per heavy atom. The first-order valence-corrected chi connectivity index (χ1v) is 5.13. The summed E-state index contributed by atoms with van der Waals surface area (Å²) in [4.78, 5) is 10.9. The number of aliphatic carboxylic acids is 1. The molecule has 1 unspecified atom stereocenters. The molecule has 0 aliphatic heterocycles. The first-order valence-electron chi connectivity index (χ1n) is 5.13. The quantitative estimate of drug-likeness (QED) is 0.795. The van der Waals surface area contributed by atoms with E-state index in [1.54, 1.807) is 6.20 Å². The molecule has 0 saturated carbocycles. The van der Waals surface area contributed by atoms with Crippen LogP contribution in [-0.4, -0.2) is 32.6 Å². The zero-order valence-electron chi connectivity index (χ0n) is 9.02. The van der Waals surface area contributed by atoms with Crippen LogP contribution in [0.25, 0.3) is 5.69 Å². The Morgan fingerprint density at radius 1 is 1.41 bits per heavy atom. The van der Waals surface area contributed by atoms with Crippen LogP contribution in [-0.2, 0) is 4.79 Å². The van der Waals surface area contributed by atoms with Crippen molar-refractivity contribution in [3.63, 3.8) is 0 Å². The molecule has 17 heavy (non-hydrogen) atoms. The van der Waals surface area contributed by atoms with Crippen molar-refractivity contribution in [2.24, 2.45) is 5.73 Å². The summed E-state index contributed by atoms with van der Waals surface area (Å²) in [6.45, 7) is 0.00279. The normalized spacial score (nSPS) is 12.3. The summed E-state index contributed by atoms with van der Waals surface area (Å²) in [6.07, 6.45) is 1.58. The fraction of sp³-hybridized carbons (Fsp3) is 0.182. The molecule has 3 N–H and O–H groups in total. The number of benzene rings is 1. The highest BCUT2D eigenvalue weighted by atomic mass is 16.4. The Bertz CT molecular complexity index is 509. The van der Waals surface area contributed by atoms with Gasteiger partial charge in [0, 0.05) is 6.54 Å². The molecule has 2 rings (SSSR count). The summed E-state index contributed by atoms with van der Waals surface area (Å²) < 4.78 is 1.53. The van der Waals surface area contributed by atoms with Gasteiger partial charge in [0.15, 0.2) is 0 Å². The van der Waals surface area contributed by atoms with Gasteiger partial charge in [0.1, 0.15) is 5.92 Å². The van der Waals surface area contributed by atoms with Gasteiger partial charge in [0.25, 0.3) is 0 Å². The van der Waals surface area contributed by atoms with Crippen molar-refractivity contribution in [2.45, 2.75) is 5.92 Å². The Balaban J connectivity index is 2.30. The molecule has 6 nitrogen and oxygen atoms in total. The second kappa shape index (κ2) is 4.75. The fourth-order valence-electron chi connectivity index (χ4n) is 1.49. The zero-order valence-corrected chi connectivity index (χ0v) is 9.02. The molecular weight excluding hydrogens is 220 g/mol. The number of aromatic nitrogens is 3. The maximum absolute atomic E-state index is 10.9. The van der Waals surface area contributed by atoms with Crippen molar-refractivity contribution in [3.05, 3.63) is 42.2 Å². The van der Waals surface area contributed by atoms with E-state index in [1.807, 2.05) is 30.3 Å². The van der Waals surface area contributed by atoms with Crippen LogP contribution in [0.5, 0.6) is 0 Å². The fourth-order valence-corrected chi connectivity index (χ4v) is 1.49. The average molecular weight is 232 g/mol. The molecule has 1 aromatic heterocycles. The number of nitrogens with two attached hydrogens (primary N) is 1. The standard InChI is InChI=1S/C11H12N4O2/c12-6-9(11(16)17)10-7-15(14-13-10)8-4-2-1-3-5-8/h1-5,7,9H,6,12H2,(H,16,17). The van der Waals surface area contributed by atoms with E-state index in [4.69, 9.17) is 10.8 Å². The molecule has 0 spiro atoms. The monoisotopic (exact) mass is 232 g/mol. The molecule has 88 valence electrons. The number of para-hydroxylation sites is 1. The Morgan fingerprint density at radius 2 is 2.12 bits per heavy atom. The maximum Gasteiger partial charge on any atom is 0.314 e. The number of hydrogen-bond donors (Lipinski definition) is 2. The molecule has 0 amide bonds. The highest BCUT2D eigenvalue weighted by molar-refractivity contribution is 5.75. The van der Waals surface area contributed by atoms with Gasteiger partial charge in [-0.1, -0.05) is 23.4 Å². The second-order valence-electron chi connectivity index (χ2n) is 3.55. The minimum atomic E-state index is -0.993. The number of hydrogen-bond acceptors (Lipinski definition) is 4. The zero-order chi connectivity index (χ0) is 12.3. The number of nitrogens with zero attached hydrogens (tertiary/aromatic N) is 3. The van der Waals surface area contributed by atoms with Gasteiger partial charge >= 0.3 is 5.97 Å². The van der Waals surface area contributed by atoms with E-state index in [0.29, 0.717) is 5.69 Å². The summed E-state index contributed by atoms with van der Waals surface area (Å²) in [5.74, 6) is -1.81. The second-order valence-corrected chi connectivity index (χ2v) is 3.55. The van der Waals surface area contributed by atoms with E-state index >= 15 is 0 Å². The molecule has 0 bridgehead atoms. The van der Waals surface area contributed by atoms with Crippen molar-refractivity contribution in [1.82, 2.24) is 15.0 Å². The maximum atomic E-state index is 10.9. The summed E-state index contributed by atoms with van der Waals surface area (Å²) in [7, 11) is 0. The molecule has 0 aliphatic rings. The van der Waals surface area contributed by atoms with Crippen LogP contribution in [0.1, 0.15) is 11.6 Å². The Hall–Kier alpha value is -2.21. The van der Waals surface area contributed by atoms with Gasteiger partial charge in [-0.2, -0.15) is 0 Å². The lowest BCUT2D eigenvalue weighted by Crippen LogP contribution is -2.21. The average Bonchev–Trinajstić information content (AvgIpc) is 2.80. The third kappa shape index (κ3) is 2.31. The molecule has 1 aromatic carbocycles. The van der Waals surface area contributed by atoms with Crippen molar-refractivity contribution >= 4 is 5.97 Å². The van der Waals surface area contributed by atoms with E-state index in [2.05, 4.69) is 10.3 Å². The van der Waals surface area contributed by atoms with Crippen LogP contribution in [0, 0.1) is 0 Å². The minimum Gasteiger partial charge on any atom is -0.481 e. The topological polar surface area (TPSA) is 94.0 Å². The largest absolute Gasteiger partial charge is 0.481 e. The van der Waals surface area contributed by atoms with Crippen LogP contribution in [0.4, 0.5) is 0 Å².